The van der Waals surface area contributed by atoms with Crippen molar-refractivity contribution in [1.82, 2.24) is 9.78 Å². The Balaban J connectivity index is 2.08. The predicted molar refractivity (Wildman–Crippen MR) is 128 cm³/mol. The van der Waals surface area contributed by atoms with E-state index in [0.29, 0.717) is 22.2 Å². The van der Waals surface area contributed by atoms with E-state index < -0.39 is 23.7 Å². The molecular weight excluding hydrogens is 465 g/mol. The van der Waals surface area contributed by atoms with Gasteiger partial charge in [0.05, 0.1) is 22.4 Å². The monoisotopic (exact) mass is 487 g/mol. The van der Waals surface area contributed by atoms with E-state index in [1.165, 1.54) is 28.8 Å². The fraction of sp³-hybridized carbons (Fsp3) is 0.292. The molecule has 1 aliphatic heterocycles. The van der Waals surface area contributed by atoms with Crippen LogP contribution in [0.2, 0.25) is 5.02 Å². The first kappa shape index (κ1) is 23.3. The van der Waals surface area contributed by atoms with Gasteiger partial charge in [0.15, 0.2) is 0 Å². The molecule has 1 aromatic heterocycles. The van der Waals surface area contributed by atoms with E-state index in [-0.39, 0.29) is 16.9 Å². The topological polar surface area (TPSA) is 75.4 Å². The summed E-state index contributed by atoms with van der Waals surface area (Å²) in [4.78, 5) is 26.2. The van der Waals surface area contributed by atoms with Crippen LogP contribution < -0.4 is 4.90 Å². The van der Waals surface area contributed by atoms with Crippen LogP contribution in [0.25, 0.3) is 5.69 Å². The number of carbonyl (C=O) groups is 2. The number of nitrogens with zero attached hydrogens (tertiary/aromatic N) is 3. The fourth-order valence-electron chi connectivity index (χ4n) is 3.90. The summed E-state index contributed by atoms with van der Waals surface area (Å²) in [6, 6.07) is 13.1. The Morgan fingerprint density at radius 3 is 2.48 bits per heavy atom. The summed E-state index contributed by atoms with van der Waals surface area (Å²) < 4.78 is 15.2. The van der Waals surface area contributed by atoms with Gasteiger partial charge >= 0.3 is 5.97 Å². The zero-order valence-corrected chi connectivity index (χ0v) is 20.0. The summed E-state index contributed by atoms with van der Waals surface area (Å²) in [5.41, 5.74) is 2.36. The molecule has 0 spiro atoms. The van der Waals surface area contributed by atoms with Gasteiger partial charge in [0.25, 0.3) is 0 Å². The largest absolute Gasteiger partial charge is 0.480 e. The Morgan fingerprint density at radius 1 is 1.21 bits per heavy atom. The third-order valence-electron chi connectivity index (χ3n) is 5.35. The molecule has 9 heteroatoms. The second-order valence-corrected chi connectivity index (χ2v) is 10.3. The average molecular weight is 488 g/mol. The molecular formula is C24H23ClFN3O3S. The van der Waals surface area contributed by atoms with Crippen LogP contribution in [-0.4, -0.2) is 39.1 Å². The van der Waals surface area contributed by atoms with Gasteiger partial charge in [0, 0.05) is 16.0 Å². The lowest BCUT2D eigenvalue weighted by atomic mass is 9.87. The smallest absolute Gasteiger partial charge is 0.323 e. The molecule has 4 rings (SSSR count). The first-order valence-corrected chi connectivity index (χ1v) is 11.8. The molecule has 0 fully saturated rings. The van der Waals surface area contributed by atoms with Crippen LogP contribution in [0.5, 0.6) is 0 Å². The summed E-state index contributed by atoms with van der Waals surface area (Å²) in [7, 11) is 0. The summed E-state index contributed by atoms with van der Waals surface area (Å²) in [5, 5.41) is 14.6. The SMILES string of the molecule is CC(C)(C)c1nn(-c2ccc(F)cc2)c2c1C(c1ccccc1Cl)SCC(=O)N2CC(=O)O. The Kier molecular flexibility index (Phi) is 6.24. The molecule has 172 valence electrons. The second-order valence-electron chi connectivity index (χ2n) is 8.81. The van der Waals surface area contributed by atoms with Crippen molar-refractivity contribution in [1.29, 1.82) is 0 Å². The zero-order valence-electron chi connectivity index (χ0n) is 18.4. The zero-order chi connectivity index (χ0) is 23.9. The second kappa shape index (κ2) is 8.83. The van der Waals surface area contributed by atoms with E-state index in [2.05, 4.69) is 0 Å². The van der Waals surface area contributed by atoms with Gasteiger partial charge in [-0.05, 0) is 35.9 Å². The van der Waals surface area contributed by atoms with Gasteiger partial charge in [-0.3, -0.25) is 14.5 Å². The van der Waals surface area contributed by atoms with Crippen LogP contribution in [0, 0.1) is 5.82 Å². The van der Waals surface area contributed by atoms with Crippen molar-refractivity contribution in [3.8, 4) is 5.69 Å². The highest BCUT2D eigenvalue weighted by Gasteiger charge is 2.40. The highest BCUT2D eigenvalue weighted by Crippen LogP contribution is 2.49. The normalized spacial score (nSPS) is 16.5. The maximum absolute atomic E-state index is 13.6. The molecule has 0 saturated carbocycles. The molecule has 0 radical (unpaired) electrons. The standard InChI is InChI=1S/C24H23ClFN3O3S/c1-24(2,3)22-20-21(16-6-4-5-7-17(16)25)33-13-18(30)28(12-19(31)32)23(20)29(27-22)15-10-8-14(26)9-11-15/h4-11,21H,12-13H2,1-3H3,(H,31,32). The van der Waals surface area contributed by atoms with Gasteiger partial charge < -0.3 is 5.11 Å². The van der Waals surface area contributed by atoms with Crippen molar-refractivity contribution in [2.75, 3.05) is 17.2 Å². The maximum atomic E-state index is 13.6. The highest BCUT2D eigenvalue weighted by atomic mass is 35.5. The van der Waals surface area contributed by atoms with E-state index in [1.807, 2.05) is 39.0 Å². The number of halogens is 2. The summed E-state index contributed by atoms with van der Waals surface area (Å²) in [5.74, 6) is -1.45. The number of rotatable bonds is 4. The van der Waals surface area contributed by atoms with Gasteiger partial charge in [-0.1, -0.05) is 50.6 Å². The van der Waals surface area contributed by atoms with E-state index in [9.17, 15) is 19.1 Å². The van der Waals surface area contributed by atoms with Gasteiger partial charge in [-0.15, -0.1) is 11.8 Å². The van der Waals surface area contributed by atoms with Crippen LogP contribution in [0.15, 0.2) is 48.5 Å². The third-order valence-corrected chi connectivity index (χ3v) is 6.93. The van der Waals surface area contributed by atoms with E-state index >= 15 is 0 Å². The van der Waals surface area contributed by atoms with Crippen LogP contribution in [-0.2, 0) is 15.0 Å². The molecule has 6 nitrogen and oxygen atoms in total. The first-order valence-electron chi connectivity index (χ1n) is 10.4. The number of carboxylic acid groups (broad SMARTS) is 1. The molecule has 1 atom stereocenters. The Morgan fingerprint density at radius 2 is 1.88 bits per heavy atom. The van der Waals surface area contributed by atoms with Crippen molar-refractivity contribution in [3.63, 3.8) is 0 Å². The number of amides is 1. The van der Waals surface area contributed by atoms with E-state index in [0.717, 1.165) is 11.1 Å². The van der Waals surface area contributed by atoms with Gasteiger partial charge in [-0.25, -0.2) is 9.07 Å². The van der Waals surface area contributed by atoms with Gasteiger partial charge in [0.2, 0.25) is 5.91 Å². The molecule has 1 aliphatic rings. The number of hydrogen-bond donors (Lipinski definition) is 1. The van der Waals surface area contributed by atoms with Crippen molar-refractivity contribution in [2.45, 2.75) is 31.4 Å². The van der Waals surface area contributed by atoms with Crippen LogP contribution >= 0.6 is 23.4 Å². The molecule has 2 aromatic carbocycles. The Bertz CT molecular complexity index is 1220. The molecule has 3 aromatic rings. The average Bonchev–Trinajstić information content (AvgIpc) is 3.08. The minimum absolute atomic E-state index is 0.0743. The molecule has 33 heavy (non-hydrogen) atoms. The highest BCUT2D eigenvalue weighted by molar-refractivity contribution is 8.00. The lowest BCUT2D eigenvalue weighted by Crippen LogP contribution is -2.38. The Hall–Kier alpha value is -2.84. The van der Waals surface area contributed by atoms with Gasteiger partial charge in [0.1, 0.15) is 18.2 Å². The van der Waals surface area contributed by atoms with Crippen LogP contribution in [0.1, 0.15) is 42.8 Å². The van der Waals surface area contributed by atoms with E-state index in [1.54, 1.807) is 22.9 Å². The summed E-state index contributed by atoms with van der Waals surface area (Å²) in [6.07, 6.45) is 0. The molecule has 0 bridgehead atoms. The number of anilines is 1. The maximum Gasteiger partial charge on any atom is 0.323 e. The molecule has 1 unspecified atom stereocenters. The molecule has 1 amide bonds. The molecule has 2 heterocycles. The predicted octanol–water partition coefficient (Wildman–Crippen LogP) is 5.22. The Labute approximate surface area is 200 Å². The summed E-state index contributed by atoms with van der Waals surface area (Å²) in [6.45, 7) is 5.51. The number of aromatic nitrogens is 2. The van der Waals surface area contributed by atoms with Crippen molar-refractivity contribution in [3.05, 3.63) is 76.2 Å². The lowest BCUT2D eigenvalue weighted by Gasteiger charge is -2.24. The minimum Gasteiger partial charge on any atom is -0.480 e. The van der Waals surface area contributed by atoms with Gasteiger partial charge in [-0.2, -0.15) is 5.10 Å². The first-order chi connectivity index (χ1) is 15.6. The fourth-order valence-corrected chi connectivity index (χ4v) is 5.45. The lowest BCUT2D eigenvalue weighted by molar-refractivity contribution is -0.136. The number of fused-ring (bicyclic) bond motifs is 1. The minimum atomic E-state index is -1.14. The third kappa shape index (κ3) is 4.50. The molecule has 0 aliphatic carbocycles. The molecule has 0 saturated heterocycles. The number of carbonyl (C=O) groups excluding carboxylic acids is 1. The number of hydrogen-bond acceptors (Lipinski definition) is 4. The number of carboxylic acids is 1. The summed E-state index contributed by atoms with van der Waals surface area (Å²) >= 11 is 7.96. The number of thioether (sulfide) groups is 1. The van der Waals surface area contributed by atoms with Crippen molar-refractivity contribution < 1.29 is 19.1 Å². The number of aliphatic carboxylic acids is 1. The molecule has 1 N–H and O–H groups in total. The van der Waals surface area contributed by atoms with Crippen LogP contribution in [0.3, 0.4) is 0 Å². The van der Waals surface area contributed by atoms with Crippen LogP contribution in [0.4, 0.5) is 10.2 Å². The quantitative estimate of drug-likeness (QED) is 0.546. The van der Waals surface area contributed by atoms with Crippen molar-refractivity contribution in [2.24, 2.45) is 0 Å². The van der Waals surface area contributed by atoms with Crippen molar-refractivity contribution >= 4 is 41.1 Å². The van der Waals surface area contributed by atoms with E-state index in [4.69, 9.17) is 16.7 Å². The number of benzene rings is 2.